The first-order valence-electron chi connectivity index (χ1n) is 7.38. The average Bonchev–Trinajstić information content (AvgIpc) is 2.55. The van der Waals surface area contributed by atoms with Crippen LogP contribution in [0.15, 0.2) is 53.0 Å². The number of aliphatic hydroxyl groups excluding tert-OH is 1. The van der Waals surface area contributed by atoms with Crippen molar-refractivity contribution in [2.45, 2.75) is 25.5 Å². The van der Waals surface area contributed by atoms with Crippen molar-refractivity contribution in [3.05, 3.63) is 64.1 Å². The maximum Gasteiger partial charge on any atom is 0.119 e. The SMILES string of the molecule is COc1cccc(C(O)CNC(C)Cc2ccc(Br)cc2)c1. The zero-order valence-electron chi connectivity index (χ0n) is 12.9. The van der Waals surface area contributed by atoms with Crippen LogP contribution in [0.4, 0.5) is 0 Å². The lowest BCUT2D eigenvalue weighted by molar-refractivity contribution is 0.170. The fraction of sp³-hybridized carbons (Fsp3) is 0.333. The molecule has 2 rings (SSSR count). The van der Waals surface area contributed by atoms with Gasteiger partial charge in [-0.2, -0.15) is 0 Å². The lowest BCUT2D eigenvalue weighted by atomic mass is 10.1. The monoisotopic (exact) mass is 363 g/mol. The molecule has 4 heteroatoms. The Labute approximate surface area is 140 Å². The second-order valence-electron chi connectivity index (χ2n) is 5.43. The van der Waals surface area contributed by atoms with E-state index in [1.54, 1.807) is 7.11 Å². The number of halogens is 1. The van der Waals surface area contributed by atoms with Gasteiger partial charge in [-0.3, -0.25) is 0 Å². The van der Waals surface area contributed by atoms with Crippen LogP contribution >= 0.6 is 15.9 Å². The molecule has 2 N–H and O–H groups in total. The van der Waals surface area contributed by atoms with Crippen LogP contribution in [0, 0.1) is 0 Å². The van der Waals surface area contributed by atoms with Crippen molar-refractivity contribution in [1.82, 2.24) is 5.32 Å². The third-order valence-electron chi connectivity index (χ3n) is 3.59. The average molecular weight is 364 g/mol. The van der Waals surface area contributed by atoms with Crippen LogP contribution in [0.1, 0.15) is 24.2 Å². The summed E-state index contributed by atoms with van der Waals surface area (Å²) < 4.78 is 6.27. The van der Waals surface area contributed by atoms with E-state index in [-0.39, 0.29) is 0 Å². The molecule has 22 heavy (non-hydrogen) atoms. The summed E-state index contributed by atoms with van der Waals surface area (Å²) in [5.74, 6) is 0.763. The molecule has 0 saturated heterocycles. The van der Waals surface area contributed by atoms with Gasteiger partial charge < -0.3 is 15.2 Å². The number of hydrogen-bond acceptors (Lipinski definition) is 3. The van der Waals surface area contributed by atoms with Crippen LogP contribution in [-0.4, -0.2) is 24.8 Å². The molecule has 2 atom stereocenters. The van der Waals surface area contributed by atoms with Crippen molar-refractivity contribution >= 4 is 15.9 Å². The summed E-state index contributed by atoms with van der Waals surface area (Å²) >= 11 is 3.44. The number of ether oxygens (including phenoxy) is 1. The Morgan fingerprint density at radius 3 is 2.59 bits per heavy atom. The molecule has 2 aromatic rings. The van der Waals surface area contributed by atoms with Gasteiger partial charge in [-0.25, -0.2) is 0 Å². The molecule has 0 aliphatic heterocycles. The molecule has 0 heterocycles. The Morgan fingerprint density at radius 2 is 1.91 bits per heavy atom. The summed E-state index contributed by atoms with van der Waals surface area (Å²) in [5, 5.41) is 13.6. The number of aliphatic hydroxyl groups is 1. The summed E-state index contributed by atoms with van der Waals surface area (Å²) in [4.78, 5) is 0. The summed E-state index contributed by atoms with van der Waals surface area (Å²) in [6.45, 7) is 2.64. The molecule has 0 spiro atoms. The zero-order valence-corrected chi connectivity index (χ0v) is 14.5. The molecule has 118 valence electrons. The molecule has 0 aliphatic rings. The first kappa shape index (κ1) is 17.0. The summed E-state index contributed by atoms with van der Waals surface area (Å²) in [6, 6.07) is 16.2. The highest BCUT2D eigenvalue weighted by atomic mass is 79.9. The molecule has 0 radical (unpaired) electrons. The van der Waals surface area contributed by atoms with E-state index >= 15 is 0 Å². The normalized spacial score (nSPS) is 13.6. The molecular formula is C18H22BrNO2. The number of benzene rings is 2. The van der Waals surface area contributed by atoms with E-state index in [0.29, 0.717) is 12.6 Å². The maximum absolute atomic E-state index is 10.3. The number of hydrogen-bond donors (Lipinski definition) is 2. The molecule has 0 bridgehead atoms. The van der Waals surface area contributed by atoms with Crippen LogP contribution in [0.5, 0.6) is 5.75 Å². The number of methoxy groups -OCH3 is 1. The van der Waals surface area contributed by atoms with Crippen molar-refractivity contribution in [2.24, 2.45) is 0 Å². The van der Waals surface area contributed by atoms with Gasteiger partial charge in [0, 0.05) is 17.1 Å². The Bertz CT molecular complexity index is 586. The molecule has 2 unspecified atom stereocenters. The minimum absolute atomic E-state index is 0.293. The van der Waals surface area contributed by atoms with Crippen molar-refractivity contribution in [3.8, 4) is 5.75 Å². The quantitative estimate of drug-likeness (QED) is 0.787. The molecule has 0 fully saturated rings. The van der Waals surface area contributed by atoms with Gasteiger partial charge in [0.05, 0.1) is 13.2 Å². The Kier molecular flexibility index (Phi) is 6.43. The summed E-state index contributed by atoms with van der Waals surface area (Å²) in [5.41, 5.74) is 2.14. The van der Waals surface area contributed by atoms with E-state index < -0.39 is 6.10 Å². The predicted molar refractivity (Wildman–Crippen MR) is 93.3 cm³/mol. The molecule has 0 amide bonds. The molecule has 3 nitrogen and oxygen atoms in total. The third kappa shape index (κ3) is 5.13. The van der Waals surface area contributed by atoms with Gasteiger partial charge in [0.2, 0.25) is 0 Å². The fourth-order valence-corrected chi connectivity index (χ4v) is 2.59. The van der Waals surface area contributed by atoms with E-state index in [1.165, 1.54) is 5.56 Å². The largest absolute Gasteiger partial charge is 0.497 e. The molecule has 2 aromatic carbocycles. The van der Waals surface area contributed by atoms with Crippen molar-refractivity contribution in [2.75, 3.05) is 13.7 Å². The van der Waals surface area contributed by atoms with Gasteiger partial charge in [-0.05, 0) is 48.7 Å². The van der Waals surface area contributed by atoms with E-state index in [9.17, 15) is 5.11 Å². The van der Waals surface area contributed by atoms with Crippen molar-refractivity contribution < 1.29 is 9.84 Å². The van der Waals surface area contributed by atoms with Gasteiger partial charge in [-0.1, -0.05) is 40.2 Å². The molecule has 0 aromatic heterocycles. The van der Waals surface area contributed by atoms with Crippen LogP contribution in [0.3, 0.4) is 0 Å². The first-order valence-corrected chi connectivity index (χ1v) is 8.17. The standard InChI is InChI=1S/C18H22BrNO2/c1-13(10-14-6-8-16(19)9-7-14)20-12-18(21)15-4-3-5-17(11-15)22-2/h3-9,11,13,18,20-21H,10,12H2,1-2H3. The lowest BCUT2D eigenvalue weighted by Crippen LogP contribution is -2.32. The van der Waals surface area contributed by atoms with E-state index in [4.69, 9.17) is 4.74 Å². The zero-order chi connectivity index (χ0) is 15.9. The highest BCUT2D eigenvalue weighted by molar-refractivity contribution is 9.10. The molecule has 0 saturated carbocycles. The second kappa shape index (κ2) is 8.32. The van der Waals surface area contributed by atoms with Crippen LogP contribution < -0.4 is 10.1 Å². The fourth-order valence-electron chi connectivity index (χ4n) is 2.33. The highest BCUT2D eigenvalue weighted by Gasteiger charge is 2.10. The van der Waals surface area contributed by atoms with Crippen LogP contribution in [0.2, 0.25) is 0 Å². The number of nitrogens with one attached hydrogen (secondary N) is 1. The van der Waals surface area contributed by atoms with E-state index in [2.05, 4.69) is 40.3 Å². The Morgan fingerprint density at radius 1 is 1.18 bits per heavy atom. The van der Waals surface area contributed by atoms with Crippen molar-refractivity contribution in [1.29, 1.82) is 0 Å². The van der Waals surface area contributed by atoms with Crippen molar-refractivity contribution in [3.63, 3.8) is 0 Å². The highest BCUT2D eigenvalue weighted by Crippen LogP contribution is 2.19. The second-order valence-corrected chi connectivity index (χ2v) is 6.35. The Hall–Kier alpha value is -1.36. The maximum atomic E-state index is 10.3. The van der Waals surface area contributed by atoms with Crippen LogP contribution in [-0.2, 0) is 6.42 Å². The van der Waals surface area contributed by atoms with Gasteiger partial charge in [0.1, 0.15) is 5.75 Å². The summed E-state index contributed by atoms with van der Waals surface area (Å²) in [6.07, 6.45) is 0.389. The summed E-state index contributed by atoms with van der Waals surface area (Å²) in [7, 11) is 1.63. The topological polar surface area (TPSA) is 41.5 Å². The number of rotatable bonds is 7. The minimum atomic E-state index is -0.539. The predicted octanol–water partition coefficient (Wildman–Crippen LogP) is 3.71. The molecular weight excluding hydrogens is 342 g/mol. The molecule has 0 aliphatic carbocycles. The van der Waals surface area contributed by atoms with Gasteiger partial charge in [0.25, 0.3) is 0 Å². The smallest absolute Gasteiger partial charge is 0.119 e. The van der Waals surface area contributed by atoms with Gasteiger partial charge in [-0.15, -0.1) is 0 Å². The first-order chi connectivity index (χ1) is 10.6. The van der Waals surface area contributed by atoms with Crippen LogP contribution in [0.25, 0.3) is 0 Å². The lowest BCUT2D eigenvalue weighted by Gasteiger charge is -2.18. The Balaban J connectivity index is 1.84. The van der Waals surface area contributed by atoms with Gasteiger partial charge >= 0.3 is 0 Å². The van der Waals surface area contributed by atoms with Gasteiger partial charge in [0.15, 0.2) is 0 Å². The van der Waals surface area contributed by atoms with E-state index in [0.717, 1.165) is 22.2 Å². The minimum Gasteiger partial charge on any atom is -0.497 e. The third-order valence-corrected chi connectivity index (χ3v) is 4.12. The van der Waals surface area contributed by atoms with E-state index in [1.807, 2.05) is 36.4 Å².